The van der Waals surface area contributed by atoms with Gasteiger partial charge in [0.1, 0.15) is 10.7 Å². The number of nitrogens with two attached hydrogens (primary N) is 1. The normalized spacial score (nSPS) is 10.9. The molecular formula is C16H22ClN3OS. The van der Waals surface area contributed by atoms with Crippen molar-refractivity contribution in [1.82, 2.24) is 10.3 Å². The van der Waals surface area contributed by atoms with Crippen LogP contribution in [0, 0.1) is 0 Å². The number of rotatable bonds is 4. The summed E-state index contributed by atoms with van der Waals surface area (Å²) in [6.45, 7) is 7.41. The molecule has 0 bridgehead atoms. The lowest BCUT2D eigenvalue weighted by Gasteiger charge is -2.19. The maximum absolute atomic E-state index is 12.0. The molecule has 22 heavy (non-hydrogen) atoms. The van der Waals surface area contributed by atoms with Gasteiger partial charge >= 0.3 is 0 Å². The average Bonchev–Trinajstić information content (AvgIpc) is 2.93. The minimum Gasteiger partial charge on any atom is -0.347 e. The summed E-state index contributed by atoms with van der Waals surface area (Å²) in [5, 5.41) is 5.38. The predicted molar refractivity (Wildman–Crippen MR) is 93.6 cm³/mol. The molecular weight excluding hydrogens is 318 g/mol. The Morgan fingerprint density at radius 2 is 1.91 bits per heavy atom. The first-order chi connectivity index (χ1) is 9.90. The summed E-state index contributed by atoms with van der Waals surface area (Å²) in [5.74, 6) is -0.161. The van der Waals surface area contributed by atoms with Crippen LogP contribution in [0.5, 0.6) is 0 Å². The van der Waals surface area contributed by atoms with Gasteiger partial charge in [-0.3, -0.25) is 4.79 Å². The molecule has 2 rings (SSSR count). The van der Waals surface area contributed by atoms with E-state index in [1.54, 1.807) is 5.38 Å². The zero-order chi connectivity index (χ0) is 15.5. The minimum absolute atomic E-state index is 0. The van der Waals surface area contributed by atoms with E-state index in [4.69, 9.17) is 5.73 Å². The molecule has 120 valence electrons. The number of amides is 1. The molecule has 0 unspecified atom stereocenters. The molecule has 1 aromatic carbocycles. The van der Waals surface area contributed by atoms with Crippen molar-refractivity contribution in [3.05, 3.63) is 51.5 Å². The van der Waals surface area contributed by atoms with Crippen LogP contribution >= 0.6 is 23.7 Å². The van der Waals surface area contributed by atoms with E-state index in [-0.39, 0.29) is 23.7 Å². The molecule has 2 aromatic rings. The Morgan fingerprint density at radius 1 is 1.27 bits per heavy atom. The molecule has 1 heterocycles. The SMILES string of the molecule is CC(C)(C)c1ccc(CNC(=O)c2csc(CN)n2)cc1.Cl. The van der Waals surface area contributed by atoms with Crippen LogP contribution in [0.1, 0.15) is 47.4 Å². The number of carbonyl (C=O) groups is 1. The number of benzene rings is 1. The van der Waals surface area contributed by atoms with Crippen LogP contribution < -0.4 is 11.1 Å². The first kappa shape index (κ1) is 18.6. The summed E-state index contributed by atoms with van der Waals surface area (Å²) in [4.78, 5) is 16.1. The maximum Gasteiger partial charge on any atom is 0.271 e. The van der Waals surface area contributed by atoms with Gasteiger partial charge in [0.2, 0.25) is 0 Å². The highest BCUT2D eigenvalue weighted by atomic mass is 35.5. The number of carbonyl (C=O) groups excluding carboxylic acids is 1. The summed E-state index contributed by atoms with van der Waals surface area (Å²) in [5.41, 5.74) is 8.43. The van der Waals surface area contributed by atoms with Gasteiger partial charge in [0, 0.05) is 18.5 Å². The highest BCUT2D eigenvalue weighted by Crippen LogP contribution is 2.22. The molecule has 0 saturated heterocycles. The van der Waals surface area contributed by atoms with Crippen molar-refractivity contribution >= 4 is 29.7 Å². The van der Waals surface area contributed by atoms with Crippen LogP contribution in [-0.4, -0.2) is 10.9 Å². The highest BCUT2D eigenvalue weighted by molar-refractivity contribution is 7.09. The van der Waals surface area contributed by atoms with Gasteiger partial charge in [-0.2, -0.15) is 0 Å². The van der Waals surface area contributed by atoms with E-state index < -0.39 is 0 Å². The Kier molecular flexibility index (Phi) is 6.53. The molecule has 3 N–H and O–H groups in total. The standard InChI is InChI=1S/C16H21N3OS.ClH/c1-16(2,3)12-6-4-11(5-7-12)9-18-15(20)13-10-21-14(8-17)19-13;/h4-7,10H,8-9,17H2,1-3H3,(H,18,20);1H. The van der Waals surface area contributed by atoms with Crippen LogP contribution in [0.2, 0.25) is 0 Å². The first-order valence-corrected chi connectivity index (χ1v) is 7.80. The number of halogens is 1. The topological polar surface area (TPSA) is 68.0 Å². The lowest BCUT2D eigenvalue weighted by atomic mass is 9.87. The monoisotopic (exact) mass is 339 g/mol. The van der Waals surface area contributed by atoms with E-state index in [0.29, 0.717) is 18.8 Å². The minimum atomic E-state index is -0.161. The van der Waals surface area contributed by atoms with Gasteiger partial charge in [0.15, 0.2) is 0 Å². The second kappa shape index (κ2) is 7.72. The van der Waals surface area contributed by atoms with Crippen molar-refractivity contribution < 1.29 is 4.79 Å². The molecule has 1 aromatic heterocycles. The number of aromatic nitrogens is 1. The maximum atomic E-state index is 12.0. The average molecular weight is 340 g/mol. The highest BCUT2D eigenvalue weighted by Gasteiger charge is 2.13. The molecule has 0 fully saturated rings. The molecule has 0 aliphatic heterocycles. The Morgan fingerprint density at radius 3 is 2.41 bits per heavy atom. The van der Waals surface area contributed by atoms with Crippen LogP contribution in [0.3, 0.4) is 0 Å². The fourth-order valence-corrected chi connectivity index (χ4v) is 2.56. The summed E-state index contributed by atoms with van der Waals surface area (Å²) in [6.07, 6.45) is 0. The smallest absolute Gasteiger partial charge is 0.271 e. The summed E-state index contributed by atoms with van der Waals surface area (Å²) >= 11 is 1.41. The Balaban J connectivity index is 0.00000242. The second-order valence-corrected chi connectivity index (χ2v) is 6.90. The third-order valence-electron chi connectivity index (χ3n) is 3.23. The van der Waals surface area contributed by atoms with Gasteiger partial charge in [-0.1, -0.05) is 45.0 Å². The Hall–Kier alpha value is -1.43. The van der Waals surface area contributed by atoms with E-state index >= 15 is 0 Å². The molecule has 0 aliphatic rings. The van der Waals surface area contributed by atoms with E-state index in [1.165, 1.54) is 16.9 Å². The number of nitrogens with zero attached hydrogens (tertiary/aromatic N) is 1. The molecule has 1 amide bonds. The van der Waals surface area contributed by atoms with Gasteiger partial charge in [0.05, 0.1) is 0 Å². The number of hydrogen-bond acceptors (Lipinski definition) is 4. The summed E-state index contributed by atoms with van der Waals surface area (Å²) in [6, 6.07) is 8.31. The zero-order valence-electron chi connectivity index (χ0n) is 13.1. The Bertz CT molecular complexity index is 617. The van der Waals surface area contributed by atoms with Crippen LogP contribution in [-0.2, 0) is 18.5 Å². The predicted octanol–water partition coefficient (Wildman–Crippen LogP) is 3.25. The molecule has 0 aliphatic carbocycles. The molecule has 0 spiro atoms. The van der Waals surface area contributed by atoms with Crippen LogP contribution in [0.4, 0.5) is 0 Å². The van der Waals surface area contributed by atoms with Crippen molar-refractivity contribution in [3.8, 4) is 0 Å². The fourth-order valence-electron chi connectivity index (χ4n) is 1.90. The lowest BCUT2D eigenvalue weighted by Crippen LogP contribution is -2.23. The van der Waals surface area contributed by atoms with E-state index in [9.17, 15) is 4.79 Å². The molecule has 0 saturated carbocycles. The van der Waals surface area contributed by atoms with Crippen molar-refractivity contribution in [3.63, 3.8) is 0 Å². The van der Waals surface area contributed by atoms with Crippen molar-refractivity contribution in [2.24, 2.45) is 5.73 Å². The molecule has 0 radical (unpaired) electrons. The van der Waals surface area contributed by atoms with Gasteiger partial charge in [-0.05, 0) is 16.5 Å². The van der Waals surface area contributed by atoms with E-state index in [0.717, 1.165) is 10.6 Å². The molecule has 0 atom stereocenters. The fraction of sp³-hybridized carbons (Fsp3) is 0.375. The van der Waals surface area contributed by atoms with Gasteiger partial charge in [-0.25, -0.2) is 4.98 Å². The van der Waals surface area contributed by atoms with Crippen molar-refractivity contribution in [1.29, 1.82) is 0 Å². The molecule has 6 heteroatoms. The van der Waals surface area contributed by atoms with Gasteiger partial charge in [0.25, 0.3) is 5.91 Å². The second-order valence-electron chi connectivity index (χ2n) is 5.96. The third kappa shape index (κ3) is 4.80. The lowest BCUT2D eigenvalue weighted by molar-refractivity contribution is 0.0946. The largest absolute Gasteiger partial charge is 0.347 e. The third-order valence-corrected chi connectivity index (χ3v) is 4.10. The van der Waals surface area contributed by atoms with Crippen molar-refractivity contribution in [2.75, 3.05) is 0 Å². The summed E-state index contributed by atoms with van der Waals surface area (Å²) < 4.78 is 0. The van der Waals surface area contributed by atoms with Crippen molar-refractivity contribution in [2.45, 2.75) is 39.3 Å². The zero-order valence-corrected chi connectivity index (χ0v) is 14.7. The Labute approximate surface area is 141 Å². The van der Waals surface area contributed by atoms with Gasteiger partial charge in [-0.15, -0.1) is 23.7 Å². The molecule has 4 nitrogen and oxygen atoms in total. The van der Waals surface area contributed by atoms with Crippen LogP contribution in [0.25, 0.3) is 0 Å². The number of thiazole rings is 1. The van der Waals surface area contributed by atoms with E-state index in [2.05, 4.69) is 43.2 Å². The first-order valence-electron chi connectivity index (χ1n) is 6.92. The van der Waals surface area contributed by atoms with Gasteiger partial charge < -0.3 is 11.1 Å². The number of nitrogens with one attached hydrogen (secondary N) is 1. The quantitative estimate of drug-likeness (QED) is 0.898. The van der Waals surface area contributed by atoms with Crippen LogP contribution in [0.15, 0.2) is 29.6 Å². The summed E-state index contributed by atoms with van der Waals surface area (Å²) in [7, 11) is 0. The number of hydrogen-bond donors (Lipinski definition) is 2. The van der Waals surface area contributed by atoms with E-state index in [1.807, 2.05) is 12.1 Å².